The van der Waals surface area contributed by atoms with Crippen LogP contribution in [-0.2, 0) is 21.9 Å². The first-order valence-electron chi connectivity index (χ1n) is 10.6. The molecule has 168 valence electrons. The molecule has 1 N–H and O–H groups in total. The first-order valence-corrected chi connectivity index (χ1v) is 12.1. The van der Waals surface area contributed by atoms with E-state index in [1.807, 2.05) is 83.1 Å². The smallest absolute Gasteiger partial charge is 0.243 e. The number of halogens is 1. The molecule has 0 fully saturated rings. The largest absolute Gasteiger partial charge is 0.350 e. The first-order chi connectivity index (χ1) is 14.6. The fourth-order valence-electron chi connectivity index (χ4n) is 3.31. The van der Waals surface area contributed by atoms with Crippen molar-refractivity contribution in [1.29, 1.82) is 0 Å². The highest BCUT2D eigenvalue weighted by molar-refractivity contribution is 7.99. The Labute approximate surface area is 195 Å². The van der Waals surface area contributed by atoms with Crippen molar-refractivity contribution in [2.45, 2.75) is 64.9 Å². The molecule has 2 amide bonds. The van der Waals surface area contributed by atoms with E-state index < -0.39 is 6.04 Å². The summed E-state index contributed by atoms with van der Waals surface area (Å²) >= 11 is 7.60. The molecule has 6 heteroatoms. The lowest BCUT2D eigenvalue weighted by Gasteiger charge is -2.33. The van der Waals surface area contributed by atoms with Gasteiger partial charge < -0.3 is 10.2 Å². The van der Waals surface area contributed by atoms with Gasteiger partial charge in [0.2, 0.25) is 11.8 Å². The van der Waals surface area contributed by atoms with Crippen LogP contribution in [-0.4, -0.2) is 34.0 Å². The molecule has 1 unspecified atom stereocenters. The summed E-state index contributed by atoms with van der Waals surface area (Å²) in [5.74, 6) is 0.843. The highest BCUT2D eigenvalue weighted by Crippen LogP contribution is 2.20. The van der Waals surface area contributed by atoms with Crippen LogP contribution in [0, 0.1) is 6.92 Å². The van der Waals surface area contributed by atoms with Crippen LogP contribution in [0.3, 0.4) is 0 Å². The lowest BCUT2D eigenvalue weighted by molar-refractivity contribution is -0.140. The quantitative estimate of drug-likeness (QED) is 0.529. The van der Waals surface area contributed by atoms with Gasteiger partial charge in [-0.15, -0.1) is 11.8 Å². The molecule has 2 aromatic carbocycles. The molecule has 0 aliphatic carbocycles. The minimum absolute atomic E-state index is 0.0359. The SMILES string of the molecule is CCC(C(=O)NC(C)(C)C)N(Cc1ccccc1C)C(=O)CSCc1cccc(Cl)c1. The van der Waals surface area contributed by atoms with Gasteiger partial charge in [0.05, 0.1) is 5.75 Å². The number of carbonyl (C=O) groups is 2. The monoisotopic (exact) mass is 460 g/mol. The lowest BCUT2D eigenvalue weighted by atomic mass is 10.0. The average Bonchev–Trinajstić information content (AvgIpc) is 2.68. The summed E-state index contributed by atoms with van der Waals surface area (Å²) in [6, 6.07) is 15.1. The van der Waals surface area contributed by atoms with E-state index in [0.717, 1.165) is 16.7 Å². The molecule has 0 aromatic heterocycles. The Hall–Kier alpha value is -1.98. The van der Waals surface area contributed by atoms with Gasteiger partial charge in [0.15, 0.2) is 0 Å². The summed E-state index contributed by atoms with van der Waals surface area (Å²) in [4.78, 5) is 28.0. The second-order valence-corrected chi connectivity index (χ2v) is 10.2. The summed E-state index contributed by atoms with van der Waals surface area (Å²) in [5.41, 5.74) is 2.88. The number of hydrogen-bond acceptors (Lipinski definition) is 3. The molecule has 31 heavy (non-hydrogen) atoms. The third kappa shape index (κ3) is 8.23. The van der Waals surface area contributed by atoms with Gasteiger partial charge in [-0.2, -0.15) is 0 Å². The van der Waals surface area contributed by atoms with E-state index in [-0.39, 0.29) is 17.4 Å². The van der Waals surface area contributed by atoms with Gasteiger partial charge in [-0.25, -0.2) is 0 Å². The predicted molar refractivity (Wildman–Crippen MR) is 131 cm³/mol. The average molecular weight is 461 g/mol. The Morgan fingerprint density at radius 2 is 1.84 bits per heavy atom. The van der Waals surface area contributed by atoms with E-state index >= 15 is 0 Å². The minimum atomic E-state index is -0.516. The lowest BCUT2D eigenvalue weighted by Crippen LogP contribution is -2.53. The van der Waals surface area contributed by atoms with Gasteiger partial charge >= 0.3 is 0 Å². The summed E-state index contributed by atoms with van der Waals surface area (Å²) in [7, 11) is 0. The molecular weight excluding hydrogens is 428 g/mol. The molecule has 1 atom stereocenters. The van der Waals surface area contributed by atoms with Crippen molar-refractivity contribution in [2.75, 3.05) is 5.75 Å². The molecule has 0 aliphatic heterocycles. The number of nitrogens with one attached hydrogen (secondary N) is 1. The van der Waals surface area contributed by atoms with Crippen molar-refractivity contribution < 1.29 is 9.59 Å². The summed E-state index contributed by atoms with van der Waals surface area (Å²) in [6.45, 7) is 10.2. The van der Waals surface area contributed by atoms with Crippen LogP contribution in [0.25, 0.3) is 0 Å². The number of nitrogens with zero attached hydrogens (tertiary/aromatic N) is 1. The zero-order valence-corrected chi connectivity index (χ0v) is 20.6. The van der Waals surface area contributed by atoms with E-state index in [4.69, 9.17) is 11.6 Å². The third-order valence-electron chi connectivity index (χ3n) is 4.87. The van der Waals surface area contributed by atoms with E-state index in [9.17, 15) is 9.59 Å². The molecule has 4 nitrogen and oxygen atoms in total. The van der Waals surface area contributed by atoms with Crippen molar-refractivity contribution in [3.05, 3.63) is 70.2 Å². The zero-order chi connectivity index (χ0) is 23.0. The number of benzene rings is 2. The second kappa shape index (κ2) is 11.6. The Bertz CT molecular complexity index is 895. The molecule has 0 aliphatic rings. The van der Waals surface area contributed by atoms with Crippen LogP contribution in [0.2, 0.25) is 5.02 Å². The molecule has 0 heterocycles. The van der Waals surface area contributed by atoms with Crippen molar-refractivity contribution in [3.63, 3.8) is 0 Å². The maximum absolute atomic E-state index is 13.3. The zero-order valence-electron chi connectivity index (χ0n) is 19.1. The second-order valence-electron chi connectivity index (χ2n) is 8.73. The Morgan fingerprint density at radius 3 is 2.45 bits per heavy atom. The number of thioether (sulfide) groups is 1. The summed E-state index contributed by atoms with van der Waals surface area (Å²) in [6.07, 6.45) is 0.554. The molecule has 0 saturated carbocycles. The van der Waals surface area contributed by atoms with Gasteiger partial charge in [0, 0.05) is 22.9 Å². The van der Waals surface area contributed by atoms with Crippen LogP contribution >= 0.6 is 23.4 Å². The van der Waals surface area contributed by atoms with Crippen LogP contribution in [0.5, 0.6) is 0 Å². The highest BCUT2D eigenvalue weighted by Gasteiger charge is 2.30. The molecular formula is C25H33ClN2O2S. The van der Waals surface area contributed by atoms with Gasteiger partial charge in [-0.3, -0.25) is 9.59 Å². The topological polar surface area (TPSA) is 49.4 Å². The van der Waals surface area contributed by atoms with Crippen molar-refractivity contribution >= 4 is 35.2 Å². The number of amides is 2. The normalized spacial score (nSPS) is 12.3. The van der Waals surface area contributed by atoms with Crippen LogP contribution in [0.4, 0.5) is 0 Å². The standard InChI is InChI=1S/C25H33ClN2O2S/c1-6-22(24(30)27-25(3,4)5)28(15-20-12-8-7-10-18(20)2)23(29)17-31-16-19-11-9-13-21(26)14-19/h7-14,22H,6,15-17H2,1-5H3,(H,27,30). The van der Waals surface area contributed by atoms with E-state index in [2.05, 4.69) is 5.32 Å². The number of rotatable bonds is 9. The molecule has 0 spiro atoms. The maximum Gasteiger partial charge on any atom is 0.243 e. The molecule has 2 rings (SSSR count). The van der Waals surface area contributed by atoms with Gasteiger partial charge in [-0.1, -0.05) is 54.9 Å². The van der Waals surface area contributed by atoms with E-state index in [0.29, 0.717) is 29.5 Å². The summed E-state index contributed by atoms with van der Waals surface area (Å²) < 4.78 is 0. The fraction of sp³-hybridized carbons (Fsp3) is 0.440. The van der Waals surface area contributed by atoms with Crippen molar-refractivity contribution in [2.24, 2.45) is 0 Å². The summed E-state index contributed by atoms with van der Waals surface area (Å²) in [5, 5.41) is 3.73. The van der Waals surface area contributed by atoms with Crippen LogP contribution < -0.4 is 5.32 Å². The van der Waals surface area contributed by atoms with Gasteiger partial charge in [0.1, 0.15) is 6.04 Å². The number of hydrogen-bond donors (Lipinski definition) is 1. The Kier molecular flexibility index (Phi) is 9.45. The minimum Gasteiger partial charge on any atom is -0.350 e. The maximum atomic E-state index is 13.3. The van der Waals surface area contributed by atoms with Crippen LogP contribution in [0.1, 0.15) is 50.8 Å². The predicted octanol–water partition coefficient (Wildman–Crippen LogP) is 5.60. The van der Waals surface area contributed by atoms with Gasteiger partial charge in [0.25, 0.3) is 0 Å². The van der Waals surface area contributed by atoms with E-state index in [1.165, 1.54) is 11.8 Å². The number of carbonyl (C=O) groups excluding carboxylic acids is 2. The van der Waals surface area contributed by atoms with Crippen LogP contribution in [0.15, 0.2) is 48.5 Å². The molecule has 0 radical (unpaired) electrons. The Morgan fingerprint density at radius 1 is 1.13 bits per heavy atom. The Balaban J connectivity index is 2.17. The first kappa shape index (κ1) is 25.3. The molecule has 0 saturated heterocycles. The highest BCUT2D eigenvalue weighted by atomic mass is 35.5. The van der Waals surface area contributed by atoms with Crippen molar-refractivity contribution in [1.82, 2.24) is 10.2 Å². The van der Waals surface area contributed by atoms with E-state index in [1.54, 1.807) is 4.90 Å². The fourth-order valence-corrected chi connectivity index (χ4v) is 4.38. The third-order valence-corrected chi connectivity index (χ3v) is 6.09. The molecule has 2 aromatic rings. The van der Waals surface area contributed by atoms with Crippen molar-refractivity contribution in [3.8, 4) is 0 Å². The molecule has 0 bridgehead atoms. The number of aryl methyl sites for hydroxylation is 1. The van der Waals surface area contributed by atoms with Gasteiger partial charge in [-0.05, 0) is 62.9 Å².